The topological polar surface area (TPSA) is 612 Å². The Morgan fingerprint density at radius 3 is 1.19 bits per heavy atom. The van der Waals surface area contributed by atoms with Crippen LogP contribution < -0.4 is 0 Å². The van der Waals surface area contributed by atoms with E-state index in [2.05, 4.69) is 13.5 Å². The van der Waals surface area contributed by atoms with E-state index in [-0.39, 0.29) is 25.2 Å². The Morgan fingerprint density at radius 2 is 0.750 bits per heavy atom. The lowest BCUT2D eigenvalue weighted by molar-refractivity contribution is -0.400. The lowest BCUT2D eigenvalue weighted by Gasteiger charge is -2.64. The zero-order chi connectivity index (χ0) is 72.7. The maximum atomic E-state index is 15.6. The third-order valence-corrected chi connectivity index (χ3v) is 23.4. The number of carbonyl (C=O) groups is 1. The van der Waals surface area contributed by atoms with Crippen LogP contribution >= 0.6 is 0 Å². The molecule has 576 valence electrons. The van der Waals surface area contributed by atoms with Crippen LogP contribution in [0.3, 0.4) is 0 Å². The average Bonchev–Trinajstić information content (AvgIpc) is 1.52. The molecule has 11 fully saturated rings. The normalized spacial score (nSPS) is 54.5. The number of fused-ring (bicyclic) bond motifs is 3. The number of ether oxygens (including phenoxy) is 14. The second kappa shape index (κ2) is 31.2. The van der Waals surface area contributed by atoms with Gasteiger partial charge in [0, 0.05) is 0 Å². The minimum Gasteiger partial charge on any atom is -0.432 e. The summed E-state index contributed by atoms with van der Waals surface area (Å²) < 4.78 is 84.6. The molecule has 1 spiro atoms. The zero-order valence-corrected chi connectivity index (χ0v) is 54.8. The molecular weight excluding hydrogens is 1350 g/mol. The van der Waals surface area contributed by atoms with E-state index in [9.17, 15) is 117 Å². The first-order valence-corrected chi connectivity index (χ1v) is 33.9. The molecule has 4 aliphatic carbocycles. The van der Waals surface area contributed by atoms with Crippen LogP contribution in [0.4, 0.5) is 0 Å². The molecule has 35 unspecified atom stereocenters. The summed E-state index contributed by atoms with van der Waals surface area (Å²) in [7, 11) is 0. The standard InChI is InChI=1S/C62H100O38/c1-20-11-61-9-5-28-59(2,29(61)6-10-62(20,19-61)100-57-50(98-54-45(84)40(79)33(72)24(15-66)91-54)48(36(75)26(17-68)93-57)96-52-43(82)38(77)31(70)22(13-64)89-52)7-4-8-60(28,3)58(86)99-56-49(97-53-44(83)39(78)32(71)23(14-65)90-53)47(35(74)25(16-67)92-56)95-55-46(85)41(80)34(73)27(94-55)18-87-51-42(81)37(76)30(69)21(12-63)88-51/h21-57,63-85H,1,4-19H2,2-3H3/t21?,22?,23?,24?,25?,26?,27?,28-,29-,30?,31?,32?,33?,34?,35?,36?,37?,38?,39?,40?,41?,42?,43?,44?,45?,46?,47?,48?,49?,50?,51?,52?,53?,54?,55?,56?,57?,59+,60+,61+,62-/m0/s1. The summed E-state index contributed by atoms with van der Waals surface area (Å²) in [5, 5.41) is 249. The maximum absolute atomic E-state index is 15.6. The highest BCUT2D eigenvalue weighted by Crippen LogP contribution is 2.74. The van der Waals surface area contributed by atoms with Crippen LogP contribution in [0.15, 0.2) is 12.2 Å². The van der Waals surface area contributed by atoms with E-state index in [0.29, 0.717) is 44.1 Å². The SMILES string of the molecule is C=C1C[C@@]23CC[C@H]4[C@@](C)(CCC[C@@]4(C)C(=O)OC4OC(CO)C(O)C(OC5OC(COC6OC(CO)C(O)C(O)C6O)C(O)C(O)C5O)C4OC4OC(CO)C(O)C(O)C4O)[C@@H]2CC[C@]1(OC1OC(CO)C(O)C(OC2OC(CO)C(O)C(O)C2O)C1OC1OC(CO)C(O)C(O)C1O)C3. The van der Waals surface area contributed by atoms with Crippen molar-refractivity contribution in [3.05, 3.63) is 12.2 Å². The molecule has 23 N–H and O–H groups in total. The fraction of sp³-hybridized carbons (Fsp3) is 0.952. The molecule has 7 heterocycles. The van der Waals surface area contributed by atoms with E-state index >= 15 is 4.79 Å². The van der Waals surface area contributed by atoms with Crippen LogP contribution in [0.2, 0.25) is 0 Å². The van der Waals surface area contributed by atoms with Gasteiger partial charge in [0.25, 0.3) is 0 Å². The van der Waals surface area contributed by atoms with Crippen LogP contribution in [0.25, 0.3) is 0 Å². The maximum Gasteiger partial charge on any atom is 0.314 e. The predicted molar refractivity (Wildman–Crippen MR) is 317 cm³/mol. The second-order valence-electron chi connectivity index (χ2n) is 29.3. The van der Waals surface area contributed by atoms with Crippen LogP contribution in [-0.4, -0.2) is 390 Å². The number of esters is 1. The molecule has 100 heavy (non-hydrogen) atoms. The van der Waals surface area contributed by atoms with Crippen molar-refractivity contribution in [3.8, 4) is 0 Å². The number of aliphatic hydroxyl groups is 23. The van der Waals surface area contributed by atoms with Gasteiger partial charge in [-0.15, -0.1) is 0 Å². The van der Waals surface area contributed by atoms with Gasteiger partial charge in [-0.05, 0) is 86.5 Å². The summed E-state index contributed by atoms with van der Waals surface area (Å²) in [6.07, 6.45) is -63.2. The van der Waals surface area contributed by atoms with Crippen LogP contribution in [0.5, 0.6) is 0 Å². The molecule has 7 aliphatic heterocycles. The summed E-state index contributed by atoms with van der Waals surface area (Å²) in [6.45, 7) is 2.03. The van der Waals surface area contributed by atoms with Gasteiger partial charge in [0.15, 0.2) is 43.8 Å². The van der Waals surface area contributed by atoms with Crippen LogP contribution in [0.1, 0.15) is 71.6 Å². The van der Waals surface area contributed by atoms with E-state index in [0.717, 1.165) is 0 Å². The smallest absolute Gasteiger partial charge is 0.314 e. The Balaban J connectivity index is 0.852. The van der Waals surface area contributed by atoms with E-state index in [1.54, 1.807) is 6.92 Å². The molecule has 38 heteroatoms. The second-order valence-corrected chi connectivity index (χ2v) is 29.3. The molecule has 41 atom stereocenters. The largest absolute Gasteiger partial charge is 0.432 e. The van der Waals surface area contributed by atoms with Gasteiger partial charge in [0.2, 0.25) is 6.29 Å². The number of hydrogen-bond donors (Lipinski definition) is 23. The highest BCUT2D eigenvalue weighted by molar-refractivity contribution is 5.77. The van der Waals surface area contributed by atoms with E-state index in [4.69, 9.17) is 66.3 Å². The highest BCUT2D eigenvalue weighted by atomic mass is 16.8. The van der Waals surface area contributed by atoms with Gasteiger partial charge in [-0.25, -0.2) is 0 Å². The monoisotopic (exact) mass is 1450 g/mol. The van der Waals surface area contributed by atoms with Gasteiger partial charge >= 0.3 is 5.97 Å². The molecule has 11 rings (SSSR count). The van der Waals surface area contributed by atoms with Gasteiger partial charge in [0.05, 0.1) is 57.3 Å². The number of hydrogen-bond acceptors (Lipinski definition) is 38. The molecule has 4 saturated carbocycles. The number of aliphatic hydroxyl groups excluding tert-OH is 23. The van der Waals surface area contributed by atoms with E-state index in [1.807, 2.05) is 0 Å². The molecule has 0 radical (unpaired) electrons. The van der Waals surface area contributed by atoms with E-state index < -0.39 is 295 Å². The Bertz CT molecular complexity index is 2720. The Kier molecular flexibility index (Phi) is 24.6. The molecule has 0 aromatic rings. The number of carbonyl (C=O) groups excluding carboxylic acids is 1. The molecular formula is C62H100O38. The van der Waals surface area contributed by atoms with E-state index in [1.165, 1.54) is 0 Å². The molecule has 0 amide bonds. The first-order chi connectivity index (χ1) is 47.3. The zero-order valence-electron chi connectivity index (χ0n) is 54.8. The molecule has 0 aromatic heterocycles. The van der Waals surface area contributed by atoms with Gasteiger partial charge < -0.3 is 184 Å². The Morgan fingerprint density at radius 1 is 0.400 bits per heavy atom. The summed E-state index contributed by atoms with van der Waals surface area (Å²) in [5.41, 5.74) is -3.47. The van der Waals surface area contributed by atoms with Crippen molar-refractivity contribution in [2.45, 2.75) is 292 Å². The third kappa shape index (κ3) is 14.1. The van der Waals surface area contributed by atoms with Crippen molar-refractivity contribution < 1.29 is 189 Å². The molecule has 0 aromatic carbocycles. The average molecular weight is 1450 g/mol. The molecule has 38 nitrogen and oxygen atoms in total. The summed E-state index contributed by atoms with van der Waals surface area (Å²) in [6, 6.07) is 0. The predicted octanol–water partition coefficient (Wildman–Crippen LogP) is -11.6. The minimum absolute atomic E-state index is 0.202. The van der Waals surface area contributed by atoms with Crippen molar-refractivity contribution in [1.82, 2.24) is 0 Å². The lowest BCUT2D eigenvalue weighted by Crippen LogP contribution is -2.68. The Labute approximate surface area is 571 Å². The van der Waals surface area contributed by atoms with Gasteiger partial charge in [-0.1, -0.05) is 19.9 Å². The molecule has 11 aliphatic rings. The van der Waals surface area contributed by atoms with Crippen molar-refractivity contribution in [2.24, 2.45) is 28.1 Å². The lowest BCUT2D eigenvalue weighted by atomic mass is 9.41. The van der Waals surface area contributed by atoms with Crippen LogP contribution in [-0.2, 0) is 71.1 Å². The van der Waals surface area contributed by atoms with Crippen LogP contribution in [0, 0.1) is 28.1 Å². The summed E-state index contributed by atoms with van der Waals surface area (Å²) >= 11 is 0. The van der Waals surface area contributed by atoms with Gasteiger partial charge in [0.1, 0.15) is 165 Å². The van der Waals surface area contributed by atoms with Crippen molar-refractivity contribution in [1.29, 1.82) is 0 Å². The quantitative estimate of drug-likeness (QED) is 0.0288. The Hall–Kier alpha value is -2.23. The minimum atomic E-state index is -2.21. The first kappa shape index (κ1) is 78.8. The summed E-state index contributed by atoms with van der Waals surface area (Å²) in [4.78, 5) is 15.6. The van der Waals surface area contributed by atoms with Gasteiger partial charge in [-0.3, -0.25) is 4.79 Å². The fourth-order valence-corrected chi connectivity index (χ4v) is 17.8. The van der Waals surface area contributed by atoms with Crippen molar-refractivity contribution in [2.75, 3.05) is 46.2 Å². The first-order valence-electron chi connectivity index (χ1n) is 33.9. The summed E-state index contributed by atoms with van der Waals surface area (Å²) in [5.74, 6) is -1.60. The van der Waals surface area contributed by atoms with Gasteiger partial charge in [-0.2, -0.15) is 0 Å². The number of rotatable bonds is 21. The van der Waals surface area contributed by atoms with Crippen molar-refractivity contribution >= 4 is 5.97 Å². The fourth-order valence-electron chi connectivity index (χ4n) is 17.8. The third-order valence-electron chi connectivity index (χ3n) is 23.4. The van der Waals surface area contributed by atoms with Crippen molar-refractivity contribution in [3.63, 3.8) is 0 Å². The molecule has 7 saturated heterocycles. The highest BCUT2D eigenvalue weighted by Gasteiger charge is 2.70. The molecule has 2 bridgehead atoms.